The van der Waals surface area contributed by atoms with Crippen molar-refractivity contribution < 1.29 is 93.5 Å². The number of carboxylic acids is 6. The molecule has 0 atom stereocenters. The third-order valence-electron chi connectivity index (χ3n) is 1.07. The fourth-order valence-corrected chi connectivity index (χ4v) is 0.408. The van der Waals surface area contributed by atoms with Gasteiger partial charge in [0.05, 0.1) is 35.8 Å². The molecule has 0 amide bonds. The van der Waals surface area contributed by atoms with Crippen LogP contribution in [0, 0.1) is 0 Å². The maximum atomic E-state index is 9.41. The van der Waals surface area contributed by atoms with Crippen LogP contribution < -0.4 is 30.6 Å². The maximum absolute atomic E-state index is 9.41. The van der Waals surface area contributed by atoms with Crippen molar-refractivity contribution in [2.24, 2.45) is 0 Å². The summed E-state index contributed by atoms with van der Waals surface area (Å²) in [6.45, 7) is 0. The van der Waals surface area contributed by atoms with E-state index < -0.39 is 35.8 Å². The van der Waals surface area contributed by atoms with Crippen molar-refractivity contribution in [1.29, 1.82) is 0 Å². The van der Waals surface area contributed by atoms with Gasteiger partial charge >= 0.3 is 34.1 Å². The minimum Gasteiger partial charge on any atom is -0.545 e. The van der Waals surface area contributed by atoms with E-state index in [1.165, 1.54) is 0 Å². The van der Waals surface area contributed by atoms with Crippen LogP contribution in [0.3, 0.4) is 0 Å². The summed E-state index contributed by atoms with van der Waals surface area (Å²) < 4.78 is 0. The quantitative estimate of drug-likeness (QED) is 0.268. The van der Waals surface area contributed by atoms with Gasteiger partial charge in [0.15, 0.2) is 0 Å². The Kier molecular flexibility index (Phi) is 29.2. The van der Waals surface area contributed by atoms with Crippen LogP contribution in [-0.4, -0.2) is 35.8 Å². The van der Waals surface area contributed by atoms with E-state index in [0.29, 0.717) is 36.5 Å². The summed E-state index contributed by atoms with van der Waals surface area (Å²) in [4.78, 5) is 56.5. The summed E-state index contributed by atoms with van der Waals surface area (Å²) in [6, 6.07) is 0. The first-order valence-electron chi connectivity index (χ1n) is 5.18. The molecule has 12 nitrogen and oxygen atoms in total. The van der Waals surface area contributed by atoms with Crippen molar-refractivity contribution in [2.45, 2.75) is 0 Å². The fraction of sp³-hybridized carbons (Fsp3) is 0. The van der Waals surface area contributed by atoms with Gasteiger partial charge in [-0.3, -0.25) is 0 Å². The Labute approximate surface area is 166 Å². The van der Waals surface area contributed by atoms with Crippen molar-refractivity contribution in [1.82, 2.24) is 0 Å². The molecule has 0 bridgehead atoms. The molecule has 0 aromatic rings. The number of hydrogen-bond acceptors (Lipinski definition) is 12. The zero-order valence-electron chi connectivity index (χ0n) is 12.1. The zero-order chi connectivity index (χ0) is 19.7. The Morgan fingerprint density at radius 1 is 0.346 bits per heavy atom. The molecule has 0 aromatic heterocycles. The van der Waals surface area contributed by atoms with E-state index in [4.69, 9.17) is 0 Å². The maximum Gasteiger partial charge on any atom is 3.00 e. The van der Waals surface area contributed by atoms with Gasteiger partial charge in [0.1, 0.15) is 0 Å². The molecular formula is C12H6Fe2O12. The normalized spacial score (nSPS) is 8.77. The average molecular weight is 454 g/mol. The van der Waals surface area contributed by atoms with Crippen molar-refractivity contribution in [3.8, 4) is 0 Å². The van der Waals surface area contributed by atoms with E-state index in [1.54, 1.807) is 0 Å². The van der Waals surface area contributed by atoms with Crippen LogP contribution in [0.15, 0.2) is 36.5 Å². The first-order chi connectivity index (χ1) is 10.9. The van der Waals surface area contributed by atoms with Gasteiger partial charge in [-0.05, 0) is 36.5 Å². The third-order valence-corrected chi connectivity index (χ3v) is 1.07. The van der Waals surface area contributed by atoms with E-state index in [0.717, 1.165) is 0 Å². The Balaban J connectivity index is -0.0000000817. The van der Waals surface area contributed by atoms with Crippen LogP contribution in [0.25, 0.3) is 0 Å². The van der Waals surface area contributed by atoms with Gasteiger partial charge in [-0.15, -0.1) is 0 Å². The molecular weight excluding hydrogens is 448 g/mol. The Bertz CT molecular complexity index is 448. The Hall–Kier alpha value is -2.92. The molecule has 0 unspecified atom stereocenters. The number of aliphatic carboxylic acids is 6. The van der Waals surface area contributed by atoms with Crippen LogP contribution >= 0.6 is 0 Å². The predicted octanol–water partition coefficient (Wildman–Crippen LogP) is -8.88. The smallest absolute Gasteiger partial charge is 0.545 e. The van der Waals surface area contributed by atoms with Gasteiger partial charge < -0.3 is 59.4 Å². The molecule has 0 fully saturated rings. The molecule has 142 valence electrons. The van der Waals surface area contributed by atoms with E-state index in [-0.39, 0.29) is 34.1 Å². The molecule has 2 radical (unpaired) electrons. The zero-order valence-corrected chi connectivity index (χ0v) is 14.3. The van der Waals surface area contributed by atoms with Crippen molar-refractivity contribution in [3.63, 3.8) is 0 Å². The van der Waals surface area contributed by atoms with Crippen LogP contribution in [0.5, 0.6) is 0 Å². The number of hydrogen-bond donors (Lipinski definition) is 0. The SMILES string of the molecule is O=C([O-])/C=C/C(=O)[O-].O=C([O-])/C=C\C(=O)[O-].O=C([O-])/C=C\C(=O)[O-].[Fe+3].[Fe+3]. The topological polar surface area (TPSA) is 241 Å². The first kappa shape index (κ1) is 34.4. The van der Waals surface area contributed by atoms with Crippen LogP contribution in [-0.2, 0) is 62.9 Å². The Morgan fingerprint density at radius 3 is 0.462 bits per heavy atom. The molecule has 0 spiro atoms. The van der Waals surface area contributed by atoms with E-state index in [2.05, 4.69) is 0 Å². The standard InChI is InChI=1S/3C4H4O4.2Fe/c3*5-3(6)1-2-4(7)8;;/h3*1-2H,(H,5,6)(H,7,8);;/q;;;2*+3/p-6/b2-1+;2*2-1-;;. The van der Waals surface area contributed by atoms with Gasteiger partial charge in [-0.1, -0.05) is 0 Å². The number of rotatable bonds is 6. The summed E-state index contributed by atoms with van der Waals surface area (Å²) in [7, 11) is 0. The van der Waals surface area contributed by atoms with E-state index >= 15 is 0 Å². The van der Waals surface area contributed by atoms with Crippen molar-refractivity contribution in [3.05, 3.63) is 36.5 Å². The van der Waals surface area contributed by atoms with Gasteiger partial charge in [-0.2, -0.15) is 0 Å². The van der Waals surface area contributed by atoms with Gasteiger partial charge in [0, 0.05) is 0 Å². The van der Waals surface area contributed by atoms with Gasteiger partial charge in [-0.25, -0.2) is 0 Å². The number of carboxylic acid groups (broad SMARTS) is 6. The largest absolute Gasteiger partial charge is 3.00 e. The molecule has 0 N–H and O–H groups in total. The molecule has 0 saturated heterocycles. The Morgan fingerprint density at radius 2 is 0.423 bits per heavy atom. The summed E-state index contributed by atoms with van der Waals surface area (Å²) in [6.07, 6.45) is 2.31. The molecule has 0 aromatic carbocycles. The second-order valence-corrected chi connectivity index (χ2v) is 2.91. The first-order valence-corrected chi connectivity index (χ1v) is 5.18. The molecule has 26 heavy (non-hydrogen) atoms. The van der Waals surface area contributed by atoms with E-state index in [9.17, 15) is 59.4 Å². The summed E-state index contributed by atoms with van der Waals surface area (Å²) in [5.41, 5.74) is 0. The minimum absolute atomic E-state index is 0. The molecule has 0 aliphatic heterocycles. The van der Waals surface area contributed by atoms with Crippen molar-refractivity contribution in [2.75, 3.05) is 0 Å². The molecule has 0 rings (SSSR count). The van der Waals surface area contributed by atoms with Gasteiger partial charge in [0.25, 0.3) is 0 Å². The second kappa shape index (κ2) is 22.1. The minimum atomic E-state index is -1.55. The molecule has 14 heteroatoms. The monoisotopic (exact) mass is 454 g/mol. The van der Waals surface area contributed by atoms with Gasteiger partial charge in [0.2, 0.25) is 0 Å². The average Bonchev–Trinajstić information content (AvgIpc) is 2.42. The second-order valence-electron chi connectivity index (χ2n) is 2.91. The summed E-state index contributed by atoms with van der Waals surface area (Å²) in [5.74, 6) is -9.28. The third kappa shape index (κ3) is 58.2. The summed E-state index contributed by atoms with van der Waals surface area (Å²) in [5, 5.41) is 56.5. The number of carbonyl (C=O) groups excluding carboxylic acids is 6. The number of carbonyl (C=O) groups is 6. The van der Waals surface area contributed by atoms with E-state index in [1.807, 2.05) is 0 Å². The van der Waals surface area contributed by atoms with Crippen molar-refractivity contribution >= 4 is 35.8 Å². The molecule has 0 aliphatic carbocycles. The fourth-order valence-electron chi connectivity index (χ4n) is 0.408. The van der Waals surface area contributed by atoms with Crippen LogP contribution in [0.4, 0.5) is 0 Å². The molecule has 0 heterocycles. The predicted molar refractivity (Wildman–Crippen MR) is 57.5 cm³/mol. The molecule has 0 aliphatic rings. The van der Waals surface area contributed by atoms with Crippen LogP contribution in [0.2, 0.25) is 0 Å². The summed E-state index contributed by atoms with van der Waals surface area (Å²) >= 11 is 0. The molecule has 0 saturated carbocycles. The van der Waals surface area contributed by atoms with Crippen LogP contribution in [0.1, 0.15) is 0 Å².